The minimum Gasteiger partial charge on any atom is -0.267 e. The van der Waals surface area contributed by atoms with E-state index in [2.05, 4.69) is 17.4 Å². The maximum Gasteiger partial charge on any atom is 0.278 e. The van der Waals surface area contributed by atoms with E-state index in [0.29, 0.717) is 18.7 Å². The first-order valence-electron chi connectivity index (χ1n) is 5.16. The van der Waals surface area contributed by atoms with Crippen LogP contribution in [0.4, 0.5) is 0 Å². The fourth-order valence-corrected chi connectivity index (χ4v) is 1.08. The molecule has 82 valence electrons. The second kappa shape index (κ2) is 7.53. The van der Waals surface area contributed by atoms with Crippen LogP contribution in [0.2, 0.25) is 0 Å². The number of hydrogen-bond donors (Lipinski definition) is 2. The van der Waals surface area contributed by atoms with Crippen LogP contribution < -0.4 is 10.9 Å². The molecule has 0 saturated heterocycles. The van der Waals surface area contributed by atoms with E-state index in [1.54, 1.807) is 0 Å². The molecule has 4 nitrogen and oxygen atoms in total. The van der Waals surface area contributed by atoms with Crippen molar-refractivity contribution in [3.8, 4) is 0 Å². The molecule has 0 fully saturated rings. The van der Waals surface area contributed by atoms with Crippen LogP contribution in [0.5, 0.6) is 0 Å². The summed E-state index contributed by atoms with van der Waals surface area (Å²) in [6, 6.07) is 0. The normalized spacial score (nSPS) is 9.93. The Morgan fingerprint density at radius 3 is 2.07 bits per heavy atom. The Hall–Kier alpha value is -0.870. The molecule has 0 aliphatic rings. The minimum atomic E-state index is -0.0736. The van der Waals surface area contributed by atoms with Gasteiger partial charge in [0.25, 0.3) is 5.91 Å². The van der Waals surface area contributed by atoms with Gasteiger partial charge in [-0.3, -0.25) is 4.79 Å². The summed E-state index contributed by atoms with van der Waals surface area (Å²) < 4.78 is 0. The number of nitrogens with one attached hydrogen (secondary N) is 2. The lowest BCUT2D eigenvalue weighted by atomic mass is 10.2. The Kier molecular flexibility index (Phi) is 7.06. The molecule has 0 radical (unpaired) electrons. The second-order valence-corrected chi connectivity index (χ2v) is 3.02. The van der Waals surface area contributed by atoms with Crippen molar-refractivity contribution in [2.45, 2.75) is 33.6 Å². The maximum atomic E-state index is 11.7. The van der Waals surface area contributed by atoms with Crippen molar-refractivity contribution >= 4 is 5.91 Å². The van der Waals surface area contributed by atoms with Crippen molar-refractivity contribution in [1.82, 2.24) is 16.0 Å². The molecule has 0 aliphatic heterocycles. The van der Waals surface area contributed by atoms with E-state index in [0.717, 1.165) is 12.8 Å². The highest BCUT2D eigenvalue weighted by Crippen LogP contribution is 2.03. The Morgan fingerprint density at radius 1 is 1.21 bits per heavy atom. The minimum absolute atomic E-state index is 0.0736. The largest absolute Gasteiger partial charge is 0.278 e. The average Bonchev–Trinajstić information content (AvgIpc) is 2.17. The van der Waals surface area contributed by atoms with Gasteiger partial charge in [0.2, 0.25) is 0 Å². The van der Waals surface area contributed by atoms with Crippen LogP contribution in [0.1, 0.15) is 33.6 Å². The van der Waals surface area contributed by atoms with Crippen molar-refractivity contribution in [2.24, 2.45) is 0 Å². The Morgan fingerprint density at radius 2 is 1.71 bits per heavy atom. The first-order valence-corrected chi connectivity index (χ1v) is 5.16. The highest BCUT2D eigenvalue weighted by molar-refractivity contribution is 5.92. The predicted octanol–water partition coefficient (Wildman–Crippen LogP) is 1.22. The highest BCUT2D eigenvalue weighted by Gasteiger charge is 2.14. The maximum absolute atomic E-state index is 11.7. The SMILES string of the molecule is C=C(CCC)C(=O)N(NCC)NCC. The van der Waals surface area contributed by atoms with Gasteiger partial charge in [0.1, 0.15) is 0 Å². The number of carbonyl (C=O) groups excluding carboxylic acids is 1. The molecule has 0 unspecified atom stereocenters. The van der Waals surface area contributed by atoms with E-state index in [1.165, 1.54) is 5.12 Å². The zero-order valence-corrected chi connectivity index (χ0v) is 9.39. The van der Waals surface area contributed by atoms with Crippen LogP contribution >= 0.6 is 0 Å². The van der Waals surface area contributed by atoms with E-state index < -0.39 is 0 Å². The molecule has 0 bridgehead atoms. The van der Waals surface area contributed by atoms with Crippen LogP contribution in [0.15, 0.2) is 12.2 Å². The summed E-state index contributed by atoms with van der Waals surface area (Å²) in [5.74, 6) is -0.0736. The van der Waals surface area contributed by atoms with Gasteiger partial charge >= 0.3 is 0 Å². The average molecular weight is 199 g/mol. The number of carbonyl (C=O) groups is 1. The number of amides is 1. The molecule has 0 atom stereocenters. The molecule has 0 aromatic carbocycles. The number of rotatable bonds is 7. The zero-order chi connectivity index (χ0) is 11.0. The molecule has 14 heavy (non-hydrogen) atoms. The van der Waals surface area contributed by atoms with E-state index >= 15 is 0 Å². The summed E-state index contributed by atoms with van der Waals surface area (Å²) >= 11 is 0. The van der Waals surface area contributed by atoms with Gasteiger partial charge in [-0.1, -0.05) is 33.8 Å². The van der Waals surface area contributed by atoms with Crippen LogP contribution in [0.25, 0.3) is 0 Å². The van der Waals surface area contributed by atoms with Gasteiger partial charge < -0.3 is 0 Å². The molecule has 0 heterocycles. The van der Waals surface area contributed by atoms with Gasteiger partial charge in [-0.05, 0) is 6.42 Å². The lowest BCUT2D eigenvalue weighted by molar-refractivity contribution is -0.134. The number of nitrogens with zero attached hydrogens (tertiary/aromatic N) is 1. The smallest absolute Gasteiger partial charge is 0.267 e. The van der Waals surface area contributed by atoms with E-state index in [9.17, 15) is 4.79 Å². The monoisotopic (exact) mass is 199 g/mol. The quantitative estimate of drug-likeness (QED) is 0.478. The van der Waals surface area contributed by atoms with Crippen molar-refractivity contribution < 1.29 is 4.79 Å². The molecule has 2 N–H and O–H groups in total. The molecule has 0 spiro atoms. The predicted molar refractivity (Wildman–Crippen MR) is 58.2 cm³/mol. The van der Waals surface area contributed by atoms with Crippen molar-refractivity contribution in [2.75, 3.05) is 13.1 Å². The van der Waals surface area contributed by atoms with Crippen molar-refractivity contribution in [1.29, 1.82) is 0 Å². The third-order valence-electron chi connectivity index (χ3n) is 1.69. The first kappa shape index (κ1) is 13.1. The number of hydrazine groups is 2. The third-order valence-corrected chi connectivity index (χ3v) is 1.69. The lowest BCUT2D eigenvalue weighted by Crippen LogP contribution is -2.52. The molecule has 0 rings (SSSR count). The Balaban J connectivity index is 4.19. The fourth-order valence-electron chi connectivity index (χ4n) is 1.08. The Bertz CT molecular complexity index is 186. The molecular formula is C10H21N3O. The summed E-state index contributed by atoms with van der Waals surface area (Å²) in [5, 5.41) is 1.41. The zero-order valence-electron chi connectivity index (χ0n) is 9.39. The van der Waals surface area contributed by atoms with Crippen LogP contribution in [-0.2, 0) is 4.79 Å². The van der Waals surface area contributed by atoms with E-state index in [-0.39, 0.29) is 5.91 Å². The standard InChI is InChI=1S/C10H21N3O/c1-5-8-9(4)10(14)13(11-6-2)12-7-3/h11-12H,4-8H2,1-3H3. The second-order valence-electron chi connectivity index (χ2n) is 3.02. The van der Waals surface area contributed by atoms with Gasteiger partial charge in [-0.2, -0.15) is 0 Å². The summed E-state index contributed by atoms with van der Waals surface area (Å²) in [6.45, 7) is 11.1. The molecule has 1 amide bonds. The summed E-state index contributed by atoms with van der Waals surface area (Å²) in [6.07, 6.45) is 1.68. The van der Waals surface area contributed by atoms with Crippen molar-refractivity contribution in [3.63, 3.8) is 0 Å². The van der Waals surface area contributed by atoms with Gasteiger partial charge in [0.05, 0.1) is 0 Å². The molecule has 0 aromatic rings. The lowest BCUT2D eigenvalue weighted by Gasteiger charge is -2.23. The summed E-state index contributed by atoms with van der Waals surface area (Å²) in [7, 11) is 0. The molecule has 0 saturated carbocycles. The third kappa shape index (κ3) is 4.39. The molecule has 0 aliphatic carbocycles. The highest BCUT2D eigenvalue weighted by atomic mass is 16.2. The number of hydrogen-bond acceptors (Lipinski definition) is 3. The van der Waals surface area contributed by atoms with Gasteiger partial charge in [0.15, 0.2) is 0 Å². The van der Waals surface area contributed by atoms with Crippen LogP contribution in [0, 0.1) is 0 Å². The van der Waals surface area contributed by atoms with Crippen LogP contribution in [0.3, 0.4) is 0 Å². The van der Waals surface area contributed by atoms with Gasteiger partial charge in [-0.15, -0.1) is 0 Å². The fraction of sp³-hybridized carbons (Fsp3) is 0.700. The van der Waals surface area contributed by atoms with Gasteiger partial charge in [0, 0.05) is 18.7 Å². The molecule has 0 aromatic heterocycles. The van der Waals surface area contributed by atoms with E-state index in [1.807, 2.05) is 20.8 Å². The van der Waals surface area contributed by atoms with E-state index in [4.69, 9.17) is 0 Å². The Labute approximate surface area is 86.3 Å². The van der Waals surface area contributed by atoms with Crippen molar-refractivity contribution in [3.05, 3.63) is 12.2 Å². The first-order chi connectivity index (χ1) is 6.67. The van der Waals surface area contributed by atoms with Crippen LogP contribution in [-0.4, -0.2) is 24.1 Å². The van der Waals surface area contributed by atoms with Gasteiger partial charge in [-0.25, -0.2) is 16.0 Å². The summed E-state index contributed by atoms with van der Waals surface area (Å²) in [4.78, 5) is 11.7. The molecule has 4 heteroatoms. The molecular weight excluding hydrogens is 178 g/mol. The topological polar surface area (TPSA) is 44.4 Å². The summed E-state index contributed by atoms with van der Waals surface area (Å²) in [5.41, 5.74) is 6.50.